The summed E-state index contributed by atoms with van der Waals surface area (Å²) < 4.78 is 10.3. The van der Waals surface area contributed by atoms with Crippen molar-refractivity contribution in [3.63, 3.8) is 0 Å². The normalized spacial score (nSPS) is 35.4. The summed E-state index contributed by atoms with van der Waals surface area (Å²) in [6.07, 6.45) is 5.71. The van der Waals surface area contributed by atoms with Gasteiger partial charge in [-0.15, -0.1) is 0 Å². The Labute approximate surface area is 118 Å². The highest BCUT2D eigenvalue weighted by molar-refractivity contribution is 6.06. The molecule has 3 atom stereocenters. The number of carbonyl (C=O) groups excluding carboxylic acids is 2. The van der Waals surface area contributed by atoms with Gasteiger partial charge in [0, 0.05) is 5.41 Å². The molecular weight excluding hydrogens is 256 g/mol. The smallest absolute Gasteiger partial charge is 0.324 e. The molecule has 0 amide bonds. The predicted molar refractivity (Wildman–Crippen MR) is 72.6 cm³/mol. The van der Waals surface area contributed by atoms with Crippen molar-refractivity contribution in [3.05, 3.63) is 24.3 Å². The van der Waals surface area contributed by atoms with Gasteiger partial charge in [-0.1, -0.05) is 24.3 Å². The summed E-state index contributed by atoms with van der Waals surface area (Å²) in [5.74, 6) is -0.374. The Morgan fingerprint density at radius 2 is 1.85 bits per heavy atom. The van der Waals surface area contributed by atoms with Crippen molar-refractivity contribution in [3.8, 4) is 0 Å². The molecule has 3 aliphatic carbocycles. The highest BCUT2D eigenvalue weighted by Crippen LogP contribution is 2.79. The molecule has 1 spiro atoms. The molecule has 0 aromatic heterocycles. The number of fused-ring (bicyclic) bond motifs is 3. The third kappa shape index (κ3) is 1.32. The zero-order chi connectivity index (χ0) is 14.5. The lowest BCUT2D eigenvalue weighted by molar-refractivity contribution is -0.166. The molecule has 0 aromatic rings. The van der Waals surface area contributed by atoms with Crippen LogP contribution in [0.1, 0.15) is 26.7 Å². The van der Waals surface area contributed by atoms with Gasteiger partial charge in [0.05, 0.1) is 13.2 Å². The maximum absolute atomic E-state index is 12.4. The molecule has 3 rings (SSSR count). The van der Waals surface area contributed by atoms with Crippen LogP contribution in [0.5, 0.6) is 0 Å². The number of rotatable bonds is 4. The van der Waals surface area contributed by atoms with E-state index in [1.807, 2.05) is 0 Å². The lowest BCUT2D eigenvalue weighted by Crippen LogP contribution is -2.37. The second-order valence-electron chi connectivity index (χ2n) is 5.85. The molecule has 0 heterocycles. The Morgan fingerprint density at radius 3 is 2.30 bits per heavy atom. The second-order valence-corrected chi connectivity index (χ2v) is 5.85. The van der Waals surface area contributed by atoms with Gasteiger partial charge >= 0.3 is 11.9 Å². The first kappa shape index (κ1) is 13.4. The Bertz CT molecular complexity index is 501. The van der Waals surface area contributed by atoms with Crippen LogP contribution >= 0.6 is 0 Å². The lowest BCUT2D eigenvalue weighted by Gasteiger charge is -2.26. The summed E-state index contributed by atoms with van der Waals surface area (Å²) in [4.78, 5) is 24.9. The minimum Gasteiger partial charge on any atom is -0.465 e. The van der Waals surface area contributed by atoms with Gasteiger partial charge in [0.1, 0.15) is 0 Å². The minimum absolute atomic E-state index is 0.216. The van der Waals surface area contributed by atoms with Gasteiger partial charge in [-0.25, -0.2) is 0 Å². The average Bonchev–Trinajstić information content (AvgIpc) is 2.76. The summed E-state index contributed by atoms with van der Waals surface area (Å²) in [7, 11) is 0. The number of esters is 2. The topological polar surface area (TPSA) is 52.6 Å². The molecule has 108 valence electrons. The summed E-state index contributed by atoms with van der Waals surface area (Å²) in [5.41, 5.74) is -0.600. The van der Waals surface area contributed by atoms with Crippen LogP contribution in [-0.4, -0.2) is 25.2 Å². The van der Waals surface area contributed by atoms with Crippen LogP contribution in [0.4, 0.5) is 0 Å². The first-order valence-electron chi connectivity index (χ1n) is 7.26. The molecule has 3 aliphatic rings. The van der Waals surface area contributed by atoms with Crippen LogP contribution in [0.3, 0.4) is 0 Å². The largest absolute Gasteiger partial charge is 0.465 e. The van der Waals surface area contributed by atoms with E-state index in [9.17, 15) is 9.59 Å². The minimum atomic E-state index is -1.15. The maximum Gasteiger partial charge on any atom is 0.324 e. The maximum atomic E-state index is 12.4. The van der Waals surface area contributed by atoms with Crippen molar-refractivity contribution >= 4 is 11.9 Å². The van der Waals surface area contributed by atoms with Gasteiger partial charge in [0.25, 0.3) is 0 Å². The van der Waals surface area contributed by atoms with E-state index in [4.69, 9.17) is 9.47 Å². The fourth-order valence-electron chi connectivity index (χ4n) is 4.20. The van der Waals surface area contributed by atoms with Crippen molar-refractivity contribution in [2.75, 3.05) is 13.2 Å². The molecule has 0 saturated heterocycles. The zero-order valence-electron chi connectivity index (χ0n) is 12.0. The van der Waals surface area contributed by atoms with E-state index in [2.05, 4.69) is 18.7 Å². The third-order valence-electron chi connectivity index (χ3n) is 5.17. The highest BCUT2D eigenvalue weighted by Gasteiger charge is 2.83. The van der Waals surface area contributed by atoms with Crippen molar-refractivity contribution in [2.45, 2.75) is 26.7 Å². The van der Waals surface area contributed by atoms with Crippen molar-refractivity contribution in [2.24, 2.45) is 22.7 Å². The molecule has 0 aliphatic heterocycles. The third-order valence-corrected chi connectivity index (χ3v) is 5.17. The molecular formula is C16H20O4. The number of ether oxygens (including phenoxy) is 2. The van der Waals surface area contributed by atoms with Gasteiger partial charge in [0.2, 0.25) is 0 Å². The fraction of sp³-hybridized carbons (Fsp3) is 0.625. The van der Waals surface area contributed by atoms with E-state index in [1.165, 1.54) is 0 Å². The molecule has 2 saturated carbocycles. The molecule has 0 radical (unpaired) electrons. The van der Waals surface area contributed by atoms with Crippen LogP contribution in [0.2, 0.25) is 0 Å². The molecule has 0 unspecified atom stereocenters. The van der Waals surface area contributed by atoms with Crippen LogP contribution in [0.25, 0.3) is 0 Å². The molecule has 0 N–H and O–H groups in total. The fourth-order valence-corrected chi connectivity index (χ4v) is 4.20. The average molecular weight is 276 g/mol. The second kappa shape index (κ2) is 4.21. The standard InChI is InChI=1S/C16H20O4/c1-4-19-13(17)16(14(18)20-5-2)9-15(16)10(3)11-6-7-12(15)8-11/h6-7,11-12H,3-5,8-9H2,1-2H3/t11-,12+,15+/m1/s1. The monoisotopic (exact) mass is 276 g/mol. The molecule has 0 aromatic carbocycles. The van der Waals surface area contributed by atoms with Gasteiger partial charge in [0.15, 0.2) is 5.41 Å². The first-order chi connectivity index (χ1) is 9.54. The Kier molecular flexibility index (Phi) is 2.82. The summed E-state index contributed by atoms with van der Waals surface area (Å²) >= 11 is 0. The molecule has 20 heavy (non-hydrogen) atoms. The first-order valence-corrected chi connectivity index (χ1v) is 7.26. The quantitative estimate of drug-likeness (QED) is 0.449. The molecule has 4 heteroatoms. The SMILES string of the molecule is C=C1[C@@H]2C=C[C@@H](C2)[C@]12CC2(C(=O)OCC)C(=O)OCC. The number of hydrogen-bond donors (Lipinski definition) is 0. The number of carbonyl (C=O) groups is 2. The van der Waals surface area contributed by atoms with Crippen LogP contribution in [0, 0.1) is 22.7 Å². The van der Waals surface area contributed by atoms with Crippen molar-refractivity contribution in [1.82, 2.24) is 0 Å². The van der Waals surface area contributed by atoms with Gasteiger partial charge < -0.3 is 9.47 Å². The van der Waals surface area contributed by atoms with Crippen molar-refractivity contribution in [1.29, 1.82) is 0 Å². The van der Waals surface area contributed by atoms with E-state index in [0.717, 1.165) is 12.0 Å². The van der Waals surface area contributed by atoms with E-state index in [-0.39, 0.29) is 19.1 Å². The number of hydrogen-bond acceptors (Lipinski definition) is 4. The molecule has 4 nitrogen and oxygen atoms in total. The van der Waals surface area contributed by atoms with Gasteiger partial charge in [-0.05, 0) is 38.5 Å². The highest BCUT2D eigenvalue weighted by atomic mass is 16.6. The van der Waals surface area contributed by atoms with Crippen LogP contribution in [0.15, 0.2) is 24.3 Å². The van der Waals surface area contributed by atoms with E-state index in [1.54, 1.807) is 13.8 Å². The van der Waals surface area contributed by atoms with E-state index in [0.29, 0.717) is 12.3 Å². The van der Waals surface area contributed by atoms with Crippen LogP contribution in [-0.2, 0) is 19.1 Å². The Morgan fingerprint density at radius 1 is 1.25 bits per heavy atom. The Balaban J connectivity index is 1.99. The summed E-state index contributed by atoms with van der Waals surface area (Å²) in [6.45, 7) is 8.21. The van der Waals surface area contributed by atoms with Gasteiger partial charge in [-0.2, -0.15) is 0 Å². The predicted octanol–water partition coefficient (Wildman–Crippen LogP) is 2.25. The lowest BCUT2D eigenvalue weighted by atomic mass is 9.78. The van der Waals surface area contributed by atoms with E-state index < -0.39 is 22.8 Å². The molecule has 2 bridgehead atoms. The van der Waals surface area contributed by atoms with E-state index >= 15 is 0 Å². The summed E-state index contributed by atoms with van der Waals surface area (Å²) in [6, 6.07) is 0. The van der Waals surface area contributed by atoms with Gasteiger partial charge in [-0.3, -0.25) is 9.59 Å². The Hall–Kier alpha value is -1.58. The molecule has 2 fully saturated rings. The van der Waals surface area contributed by atoms with Crippen LogP contribution < -0.4 is 0 Å². The summed E-state index contributed by atoms with van der Waals surface area (Å²) in [5, 5.41) is 0. The van der Waals surface area contributed by atoms with Crippen molar-refractivity contribution < 1.29 is 19.1 Å². The zero-order valence-corrected chi connectivity index (χ0v) is 12.0. The number of allylic oxidation sites excluding steroid dienone is 3.